The topological polar surface area (TPSA) is 41.6 Å². The Labute approximate surface area is 94.3 Å². The van der Waals surface area contributed by atoms with Crippen molar-refractivity contribution in [1.29, 1.82) is 5.26 Å². The second kappa shape index (κ2) is 3.34. The van der Waals surface area contributed by atoms with E-state index in [1.807, 2.05) is 25.2 Å². The van der Waals surface area contributed by atoms with E-state index in [-0.39, 0.29) is 0 Å². The maximum atomic E-state index is 9.05. The van der Waals surface area contributed by atoms with Gasteiger partial charge in [-0.25, -0.2) is 4.98 Å². The predicted molar refractivity (Wildman–Crippen MR) is 62.0 cm³/mol. The van der Waals surface area contributed by atoms with Crippen molar-refractivity contribution in [3.8, 4) is 6.07 Å². The third-order valence-corrected chi connectivity index (χ3v) is 3.54. The van der Waals surface area contributed by atoms with E-state index in [9.17, 15) is 0 Å². The van der Waals surface area contributed by atoms with Gasteiger partial charge in [-0.3, -0.25) is 0 Å². The molecule has 3 nitrogen and oxygen atoms in total. The van der Waals surface area contributed by atoms with Crippen molar-refractivity contribution in [2.75, 3.05) is 0 Å². The summed E-state index contributed by atoms with van der Waals surface area (Å²) in [7, 11) is 2.05. The van der Waals surface area contributed by atoms with Gasteiger partial charge in [-0.1, -0.05) is 12.5 Å². The summed E-state index contributed by atoms with van der Waals surface area (Å²) in [5.41, 5.74) is 2.61. The zero-order valence-corrected chi connectivity index (χ0v) is 9.27. The molecule has 0 unspecified atom stereocenters. The van der Waals surface area contributed by atoms with Crippen LogP contribution in [0.25, 0.3) is 11.0 Å². The highest BCUT2D eigenvalue weighted by Crippen LogP contribution is 2.37. The molecule has 0 spiro atoms. The maximum absolute atomic E-state index is 9.05. The lowest BCUT2D eigenvalue weighted by Gasteiger charge is -2.24. The number of aryl methyl sites for hydroxylation is 1. The molecule has 1 aliphatic carbocycles. The van der Waals surface area contributed by atoms with Crippen LogP contribution in [0.1, 0.15) is 36.6 Å². The van der Waals surface area contributed by atoms with Crippen LogP contribution < -0.4 is 0 Å². The fourth-order valence-corrected chi connectivity index (χ4v) is 2.35. The summed E-state index contributed by atoms with van der Waals surface area (Å²) in [4.78, 5) is 4.65. The van der Waals surface area contributed by atoms with Crippen LogP contribution in [-0.4, -0.2) is 9.55 Å². The molecule has 0 amide bonds. The Morgan fingerprint density at radius 2 is 2.25 bits per heavy atom. The second-order valence-corrected chi connectivity index (χ2v) is 4.44. The molecule has 2 aromatic rings. The zero-order valence-electron chi connectivity index (χ0n) is 9.27. The molecule has 80 valence electrons. The number of para-hydroxylation sites is 1. The molecule has 1 fully saturated rings. The lowest BCUT2D eigenvalue weighted by atomic mass is 9.85. The van der Waals surface area contributed by atoms with Crippen LogP contribution in [0.5, 0.6) is 0 Å². The van der Waals surface area contributed by atoms with E-state index < -0.39 is 0 Å². The summed E-state index contributed by atoms with van der Waals surface area (Å²) in [6, 6.07) is 8.00. The molecule has 1 aliphatic rings. The number of nitriles is 1. The first-order valence-electron chi connectivity index (χ1n) is 5.66. The van der Waals surface area contributed by atoms with Gasteiger partial charge in [-0.15, -0.1) is 0 Å². The van der Waals surface area contributed by atoms with Crippen LogP contribution in [-0.2, 0) is 7.05 Å². The monoisotopic (exact) mass is 211 g/mol. The van der Waals surface area contributed by atoms with E-state index in [1.54, 1.807) is 0 Å². The van der Waals surface area contributed by atoms with Crippen LogP contribution >= 0.6 is 0 Å². The molecule has 0 aliphatic heterocycles. The van der Waals surface area contributed by atoms with Gasteiger partial charge in [-0.2, -0.15) is 5.26 Å². The number of hydrogen-bond donors (Lipinski definition) is 0. The SMILES string of the molecule is Cn1c(C2CCC2)nc2c(C#N)cccc21. The third-order valence-electron chi connectivity index (χ3n) is 3.54. The molecule has 0 N–H and O–H groups in total. The molecule has 1 saturated carbocycles. The van der Waals surface area contributed by atoms with E-state index in [0.29, 0.717) is 11.5 Å². The van der Waals surface area contributed by atoms with Crippen molar-refractivity contribution in [3.63, 3.8) is 0 Å². The average Bonchev–Trinajstić information content (AvgIpc) is 2.55. The summed E-state index contributed by atoms with van der Waals surface area (Å²) in [6.45, 7) is 0. The van der Waals surface area contributed by atoms with E-state index in [2.05, 4.69) is 15.6 Å². The molecule has 3 rings (SSSR count). The van der Waals surface area contributed by atoms with E-state index in [1.165, 1.54) is 19.3 Å². The van der Waals surface area contributed by atoms with Gasteiger partial charge in [0.15, 0.2) is 0 Å². The summed E-state index contributed by atoms with van der Waals surface area (Å²) in [5.74, 6) is 1.74. The summed E-state index contributed by atoms with van der Waals surface area (Å²) >= 11 is 0. The highest BCUT2D eigenvalue weighted by Gasteiger charge is 2.25. The Kier molecular flexibility index (Phi) is 1.97. The summed E-state index contributed by atoms with van der Waals surface area (Å²) < 4.78 is 2.14. The molecule has 3 heteroatoms. The van der Waals surface area contributed by atoms with E-state index in [0.717, 1.165) is 16.9 Å². The number of nitrogens with zero attached hydrogens (tertiary/aromatic N) is 3. The first-order valence-corrected chi connectivity index (χ1v) is 5.66. The number of hydrogen-bond acceptors (Lipinski definition) is 2. The Bertz CT molecular complexity index is 585. The van der Waals surface area contributed by atoms with Crippen LogP contribution in [0.2, 0.25) is 0 Å². The maximum Gasteiger partial charge on any atom is 0.112 e. The van der Waals surface area contributed by atoms with Crippen molar-refractivity contribution < 1.29 is 0 Å². The van der Waals surface area contributed by atoms with Gasteiger partial charge in [0.25, 0.3) is 0 Å². The molecular formula is C13H13N3. The molecule has 0 radical (unpaired) electrons. The van der Waals surface area contributed by atoms with Crippen molar-refractivity contribution >= 4 is 11.0 Å². The molecule has 1 aromatic heterocycles. The molecule has 16 heavy (non-hydrogen) atoms. The van der Waals surface area contributed by atoms with Crippen LogP contribution in [0.4, 0.5) is 0 Å². The Balaban J connectivity index is 2.25. The van der Waals surface area contributed by atoms with Crippen molar-refractivity contribution in [2.24, 2.45) is 7.05 Å². The fraction of sp³-hybridized carbons (Fsp3) is 0.385. The zero-order chi connectivity index (χ0) is 11.1. The standard InChI is InChI=1S/C13H13N3/c1-16-11-7-3-6-10(8-14)12(11)15-13(16)9-4-2-5-9/h3,6-7,9H,2,4-5H2,1H3. The average molecular weight is 211 g/mol. The van der Waals surface area contributed by atoms with Gasteiger partial charge < -0.3 is 4.57 Å². The largest absolute Gasteiger partial charge is 0.331 e. The second-order valence-electron chi connectivity index (χ2n) is 4.44. The van der Waals surface area contributed by atoms with Crippen LogP contribution in [0.15, 0.2) is 18.2 Å². The van der Waals surface area contributed by atoms with E-state index in [4.69, 9.17) is 5.26 Å². The van der Waals surface area contributed by atoms with Gasteiger partial charge in [0.1, 0.15) is 17.4 Å². The number of imidazole rings is 1. The smallest absolute Gasteiger partial charge is 0.112 e. The first kappa shape index (κ1) is 9.41. The number of rotatable bonds is 1. The first-order chi connectivity index (χ1) is 7.81. The predicted octanol–water partition coefficient (Wildman–Crippen LogP) is 2.71. The Morgan fingerprint density at radius 3 is 2.88 bits per heavy atom. The Hall–Kier alpha value is -1.82. The minimum atomic E-state index is 0.601. The third kappa shape index (κ3) is 1.16. The fourth-order valence-electron chi connectivity index (χ4n) is 2.35. The van der Waals surface area contributed by atoms with Crippen molar-refractivity contribution in [1.82, 2.24) is 9.55 Å². The highest BCUT2D eigenvalue weighted by molar-refractivity contribution is 5.82. The van der Waals surface area contributed by atoms with E-state index >= 15 is 0 Å². The molecule has 1 heterocycles. The number of fused-ring (bicyclic) bond motifs is 1. The highest BCUT2D eigenvalue weighted by atomic mass is 15.1. The minimum Gasteiger partial charge on any atom is -0.331 e. The number of aromatic nitrogens is 2. The quantitative estimate of drug-likeness (QED) is 0.727. The Morgan fingerprint density at radius 1 is 1.44 bits per heavy atom. The van der Waals surface area contributed by atoms with Gasteiger partial charge in [0.05, 0.1) is 11.1 Å². The van der Waals surface area contributed by atoms with Crippen LogP contribution in [0, 0.1) is 11.3 Å². The van der Waals surface area contributed by atoms with Gasteiger partial charge in [-0.05, 0) is 25.0 Å². The van der Waals surface area contributed by atoms with Gasteiger partial charge >= 0.3 is 0 Å². The molecular weight excluding hydrogens is 198 g/mol. The summed E-state index contributed by atoms with van der Waals surface area (Å²) in [6.07, 6.45) is 3.77. The lowest BCUT2D eigenvalue weighted by Crippen LogP contribution is -2.13. The molecule has 0 atom stereocenters. The normalized spacial score (nSPS) is 16.0. The summed E-state index contributed by atoms with van der Waals surface area (Å²) in [5, 5.41) is 9.05. The number of benzene rings is 1. The molecule has 0 bridgehead atoms. The molecule has 1 aromatic carbocycles. The minimum absolute atomic E-state index is 0.601. The van der Waals surface area contributed by atoms with Crippen molar-refractivity contribution in [3.05, 3.63) is 29.6 Å². The lowest BCUT2D eigenvalue weighted by molar-refractivity contribution is 0.395. The van der Waals surface area contributed by atoms with Gasteiger partial charge in [0, 0.05) is 13.0 Å². The van der Waals surface area contributed by atoms with Crippen molar-refractivity contribution in [2.45, 2.75) is 25.2 Å². The van der Waals surface area contributed by atoms with Gasteiger partial charge in [0.2, 0.25) is 0 Å². The molecule has 0 saturated heterocycles. The van der Waals surface area contributed by atoms with Crippen LogP contribution in [0.3, 0.4) is 0 Å².